The molecular weight excluding hydrogens is 1120 g/mol. The molecule has 1 aliphatic heterocycles. The fraction of sp³-hybridized carbons (Fsp3) is 0.679. The number of aliphatic carboxylic acids is 2. The Morgan fingerprint density at radius 3 is 1.52 bits per heavy atom. The van der Waals surface area contributed by atoms with Gasteiger partial charge in [0.25, 0.3) is 0 Å². The van der Waals surface area contributed by atoms with E-state index in [2.05, 4.69) is 52.6 Å². The van der Waals surface area contributed by atoms with Crippen molar-refractivity contribution in [1.82, 2.24) is 52.8 Å². The molecule has 1 heterocycles. The molecule has 11 atom stereocenters. The fourth-order valence-electron chi connectivity index (χ4n) is 8.67. The first-order chi connectivity index (χ1) is 39.6. The zero-order chi connectivity index (χ0) is 65.0. The molecule has 32 heteroatoms. The van der Waals surface area contributed by atoms with Gasteiger partial charge in [0, 0.05) is 32.4 Å². The lowest BCUT2D eigenvalue weighted by Gasteiger charge is -2.31. The second kappa shape index (κ2) is 37.1. The monoisotopic (exact) mass is 1210 g/mol. The topological polar surface area (TPSA) is 510 Å². The molecule has 85 heavy (non-hydrogen) atoms. The lowest BCUT2D eigenvalue weighted by Crippen LogP contribution is -2.62. The zero-order valence-corrected chi connectivity index (χ0v) is 49.4. The van der Waals surface area contributed by atoms with Gasteiger partial charge in [0.1, 0.15) is 60.4 Å². The van der Waals surface area contributed by atoms with Crippen LogP contribution in [-0.4, -0.2) is 201 Å². The number of ether oxygens (including phenoxy) is 1. The highest BCUT2D eigenvalue weighted by molar-refractivity contribution is 6.00. The van der Waals surface area contributed by atoms with Gasteiger partial charge in [0.2, 0.25) is 70.9 Å². The highest BCUT2D eigenvalue weighted by atomic mass is 16.5. The number of rotatable bonds is 38. The Balaban J connectivity index is 3.48. The summed E-state index contributed by atoms with van der Waals surface area (Å²) in [4.78, 5) is 196. The summed E-state index contributed by atoms with van der Waals surface area (Å²) in [6, 6.07) is -15.7. The standard InChI is InChI=1S/C53H86N12O20/c1-25(2)21-33(48(78)64-43(28(7)67)51(81)61-35(53(83)84)22-26(3)4)60-49(79)37-14-12-20-65(37)52(82)36(24-66)62-50(80)42(27(5)6)63-46(76)31(16-18-38(54)69)58-45(75)32(17-19-40(71)72)59-44(74)30(13-10-11-15-41(73)85-9)57-47(77)34(23-39(55)70)56-29(8)68/h11,15,25-28,30-37,42-43,66-67H,10,12-14,16-24H2,1-9H3,(H2,54,69)(H2,55,70)(H,56,68)(H,57,77)(H,58,75)(H,59,74)(H,60,79)(H,61,81)(H,62,80)(H,63,76)(H,64,78)(H,71,72)(H,83,84)/b15-11+/t28?,30-,31-,32-,33-,34-,35-,36-,37?,42-,43-/m0/s1. The van der Waals surface area contributed by atoms with E-state index in [-0.39, 0.29) is 56.9 Å². The van der Waals surface area contributed by atoms with Gasteiger partial charge < -0.3 is 89.4 Å². The molecule has 1 aliphatic rings. The van der Waals surface area contributed by atoms with E-state index in [0.29, 0.717) is 0 Å². The molecular formula is C53H86N12O20. The summed E-state index contributed by atoms with van der Waals surface area (Å²) >= 11 is 0. The summed E-state index contributed by atoms with van der Waals surface area (Å²) in [7, 11) is 1.10. The van der Waals surface area contributed by atoms with Gasteiger partial charge >= 0.3 is 17.9 Å². The number of likely N-dealkylation sites (tertiary alicyclic amines) is 1. The molecule has 0 aliphatic carbocycles. The van der Waals surface area contributed by atoms with Crippen molar-refractivity contribution in [1.29, 1.82) is 0 Å². The molecule has 1 fully saturated rings. The number of nitrogens with one attached hydrogen (secondary N) is 9. The first kappa shape index (κ1) is 74.7. The summed E-state index contributed by atoms with van der Waals surface area (Å²) in [5, 5.41) is 61.5. The number of allylic oxidation sites excluding steroid dienone is 1. The number of primary amides is 2. The summed E-state index contributed by atoms with van der Waals surface area (Å²) < 4.78 is 4.54. The smallest absolute Gasteiger partial charge is 0.330 e. The molecule has 32 nitrogen and oxygen atoms in total. The third kappa shape index (κ3) is 27.3. The molecule has 0 aromatic carbocycles. The number of carbonyl (C=O) groups excluding carboxylic acids is 13. The van der Waals surface area contributed by atoms with Crippen LogP contribution in [0.3, 0.4) is 0 Å². The molecule has 0 aromatic rings. The second-order valence-corrected chi connectivity index (χ2v) is 21.7. The Morgan fingerprint density at radius 2 is 1.05 bits per heavy atom. The molecule has 0 radical (unpaired) electrons. The molecule has 17 N–H and O–H groups in total. The Kier molecular flexibility index (Phi) is 32.6. The van der Waals surface area contributed by atoms with E-state index >= 15 is 0 Å². The van der Waals surface area contributed by atoms with E-state index < -0.39 is 200 Å². The Hall–Kier alpha value is -8.29. The van der Waals surface area contributed by atoms with Gasteiger partial charge in [-0.1, -0.05) is 47.6 Å². The number of carbonyl (C=O) groups is 15. The average Bonchev–Trinajstić information content (AvgIpc) is 4.14. The van der Waals surface area contributed by atoms with Crippen LogP contribution in [0.25, 0.3) is 0 Å². The average molecular weight is 1210 g/mol. The van der Waals surface area contributed by atoms with Gasteiger partial charge in [0.15, 0.2) is 0 Å². The van der Waals surface area contributed by atoms with Crippen LogP contribution in [0.4, 0.5) is 0 Å². The van der Waals surface area contributed by atoms with Gasteiger partial charge in [-0.05, 0) is 76.0 Å². The molecule has 0 aromatic heterocycles. The maximum Gasteiger partial charge on any atom is 0.330 e. The Labute approximate surface area is 491 Å². The Morgan fingerprint density at radius 1 is 0.576 bits per heavy atom. The van der Waals surface area contributed by atoms with Crippen molar-refractivity contribution < 1.29 is 97.1 Å². The van der Waals surface area contributed by atoms with Crippen molar-refractivity contribution in [3.05, 3.63) is 12.2 Å². The van der Waals surface area contributed by atoms with E-state index in [0.717, 1.165) is 25.0 Å². The quantitative estimate of drug-likeness (QED) is 0.0203. The van der Waals surface area contributed by atoms with Gasteiger partial charge in [-0.3, -0.25) is 62.3 Å². The van der Waals surface area contributed by atoms with Crippen LogP contribution in [0, 0.1) is 17.8 Å². The number of nitrogens with two attached hydrogens (primary N) is 2. The molecule has 0 spiro atoms. The molecule has 2 unspecified atom stereocenters. The summed E-state index contributed by atoms with van der Waals surface area (Å²) in [6.07, 6.45) is -2.51. The number of methoxy groups -OCH3 is 1. The first-order valence-electron chi connectivity index (χ1n) is 27.7. The van der Waals surface area contributed by atoms with E-state index in [1.807, 2.05) is 0 Å². The first-order valence-corrected chi connectivity index (χ1v) is 27.7. The number of hydrogen-bond donors (Lipinski definition) is 15. The number of carboxylic acids is 2. The molecule has 1 rings (SSSR count). The third-order valence-electron chi connectivity index (χ3n) is 13.0. The Bertz CT molecular complexity index is 2420. The van der Waals surface area contributed by atoms with Crippen LogP contribution in [0.15, 0.2) is 12.2 Å². The number of carboxylic acid groups (broad SMARTS) is 2. The van der Waals surface area contributed by atoms with Crippen molar-refractivity contribution in [2.24, 2.45) is 29.2 Å². The van der Waals surface area contributed by atoms with Crippen molar-refractivity contribution in [3.8, 4) is 0 Å². The number of nitrogens with zero attached hydrogens (tertiary/aromatic N) is 1. The summed E-state index contributed by atoms with van der Waals surface area (Å²) in [5.74, 6) is -16.8. The number of amides is 12. The molecule has 12 amide bonds. The molecule has 1 saturated heterocycles. The van der Waals surface area contributed by atoms with Crippen LogP contribution in [0.2, 0.25) is 0 Å². The molecule has 478 valence electrons. The van der Waals surface area contributed by atoms with Crippen molar-refractivity contribution in [2.75, 3.05) is 20.3 Å². The SMILES string of the molecule is COC(=O)/C=C/CC[C@H](NC(=O)[C@H](CC(N)=O)NC(C)=O)C(=O)N[C@@H](CCC(=O)O)C(=O)N[C@@H](CCC(N)=O)C(=O)N[C@H](C(=O)N[C@@H](CO)C(=O)N1CCCC1C(=O)N[C@@H](CC(C)C)C(=O)N[C@H](C(=O)N[C@@H](CC(C)C)C(=O)O)C(C)O)C(C)C. The van der Waals surface area contributed by atoms with E-state index in [1.54, 1.807) is 27.7 Å². The number of hydrogen-bond acceptors (Lipinski definition) is 18. The molecule has 0 bridgehead atoms. The largest absolute Gasteiger partial charge is 0.481 e. The number of aliphatic hydroxyl groups is 2. The van der Waals surface area contributed by atoms with Gasteiger partial charge in [-0.2, -0.15) is 0 Å². The highest BCUT2D eigenvalue weighted by Crippen LogP contribution is 2.20. The van der Waals surface area contributed by atoms with Gasteiger partial charge in [0.05, 0.1) is 26.2 Å². The number of esters is 1. The predicted octanol–water partition coefficient (Wildman–Crippen LogP) is -4.92. The van der Waals surface area contributed by atoms with Crippen LogP contribution >= 0.6 is 0 Å². The summed E-state index contributed by atoms with van der Waals surface area (Å²) in [5.41, 5.74) is 10.6. The van der Waals surface area contributed by atoms with E-state index in [9.17, 15) is 92.3 Å². The van der Waals surface area contributed by atoms with Crippen molar-refractivity contribution >= 4 is 88.8 Å². The second-order valence-electron chi connectivity index (χ2n) is 21.7. The fourth-order valence-corrected chi connectivity index (χ4v) is 8.67. The minimum atomic E-state index is -1.81. The van der Waals surface area contributed by atoms with Gasteiger partial charge in [-0.15, -0.1) is 0 Å². The predicted molar refractivity (Wildman–Crippen MR) is 297 cm³/mol. The van der Waals surface area contributed by atoms with Crippen LogP contribution in [0.1, 0.15) is 126 Å². The van der Waals surface area contributed by atoms with Crippen LogP contribution in [-0.2, 0) is 76.7 Å². The lowest BCUT2D eigenvalue weighted by atomic mass is 10.0. The highest BCUT2D eigenvalue weighted by Gasteiger charge is 2.41. The summed E-state index contributed by atoms with van der Waals surface area (Å²) in [6.45, 7) is 11.0. The van der Waals surface area contributed by atoms with Gasteiger partial charge in [-0.25, -0.2) is 9.59 Å². The minimum Gasteiger partial charge on any atom is -0.481 e. The number of aliphatic hydroxyl groups excluding tert-OH is 2. The maximum atomic E-state index is 14.1. The van der Waals surface area contributed by atoms with Crippen molar-refractivity contribution in [3.63, 3.8) is 0 Å². The van der Waals surface area contributed by atoms with Crippen molar-refractivity contribution in [2.45, 2.75) is 193 Å². The minimum absolute atomic E-state index is 0.00343. The maximum absolute atomic E-state index is 14.1. The molecule has 0 saturated carbocycles. The third-order valence-corrected chi connectivity index (χ3v) is 13.0. The van der Waals surface area contributed by atoms with Crippen LogP contribution in [0.5, 0.6) is 0 Å². The van der Waals surface area contributed by atoms with Crippen LogP contribution < -0.4 is 59.3 Å². The van der Waals surface area contributed by atoms with E-state index in [1.165, 1.54) is 26.8 Å². The lowest BCUT2D eigenvalue weighted by molar-refractivity contribution is -0.144. The zero-order valence-electron chi connectivity index (χ0n) is 49.4. The normalized spacial score (nSPS) is 16.6. The van der Waals surface area contributed by atoms with E-state index in [4.69, 9.17) is 11.5 Å².